The summed E-state index contributed by atoms with van der Waals surface area (Å²) in [6.07, 6.45) is 0. The van der Waals surface area contributed by atoms with E-state index in [9.17, 15) is 0 Å². The van der Waals surface area contributed by atoms with E-state index in [1.807, 2.05) is 70.2 Å². The van der Waals surface area contributed by atoms with Crippen LogP contribution in [0.4, 0.5) is 11.4 Å². The van der Waals surface area contributed by atoms with Crippen molar-refractivity contribution in [1.29, 1.82) is 0 Å². The Labute approximate surface area is 161 Å². The molecule has 25 heavy (non-hydrogen) atoms. The van der Waals surface area contributed by atoms with Gasteiger partial charge < -0.3 is 20.1 Å². The molecule has 2 rings (SSSR count). The van der Waals surface area contributed by atoms with Crippen LogP contribution in [-0.2, 0) is 0 Å². The summed E-state index contributed by atoms with van der Waals surface area (Å²) in [5, 5.41) is 6.80. The van der Waals surface area contributed by atoms with Crippen molar-refractivity contribution in [3.8, 4) is 11.5 Å². The molecule has 7 heteroatoms. The number of anilines is 2. The molecule has 0 saturated heterocycles. The molecule has 0 amide bonds. The predicted molar refractivity (Wildman–Crippen MR) is 114 cm³/mol. The van der Waals surface area contributed by atoms with Gasteiger partial charge in [0.05, 0.1) is 13.2 Å². The molecule has 0 radical (unpaired) electrons. The van der Waals surface area contributed by atoms with Crippen molar-refractivity contribution in [3.63, 3.8) is 0 Å². The molecule has 0 atom stereocenters. The average molecular weight is 379 g/mol. The lowest BCUT2D eigenvalue weighted by Gasteiger charge is -2.12. The van der Waals surface area contributed by atoms with E-state index in [-0.39, 0.29) is 0 Å². The van der Waals surface area contributed by atoms with Gasteiger partial charge in [-0.25, -0.2) is 0 Å². The number of nitrogens with one attached hydrogen (secondary N) is 2. The van der Waals surface area contributed by atoms with Gasteiger partial charge in [-0.1, -0.05) is 0 Å². The van der Waals surface area contributed by atoms with Gasteiger partial charge in [0.2, 0.25) is 0 Å². The van der Waals surface area contributed by atoms with Crippen molar-refractivity contribution in [2.45, 2.75) is 13.8 Å². The molecule has 0 aliphatic rings. The Hall–Kier alpha value is -1.92. The molecular weight excluding hydrogens is 355 g/mol. The van der Waals surface area contributed by atoms with Crippen LogP contribution in [0, 0.1) is 0 Å². The Morgan fingerprint density at radius 1 is 0.880 bits per heavy atom. The summed E-state index contributed by atoms with van der Waals surface area (Å²) < 4.78 is 10.8. The minimum absolute atomic E-state index is 0.535. The summed E-state index contributed by atoms with van der Waals surface area (Å²) >= 11 is 10.3. The lowest BCUT2D eigenvalue weighted by molar-refractivity contribution is 0.340. The van der Waals surface area contributed by atoms with Crippen molar-refractivity contribution >= 4 is 48.2 Å². The Bertz CT molecular complexity index is 570. The van der Waals surface area contributed by atoms with Crippen molar-refractivity contribution in [1.82, 2.24) is 0 Å². The first-order valence-corrected chi connectivity index (χ1v) is 9.16. The highest BCUT2D eigenvalue weighted by Gasteiger charge is 2.00. The van der Waals surface area contributed by atoms with E-state index in [1.165, 1.54) is 0 Å². The highest BCUT2D eigenvalue weighted by molar-refractivity contribution is 7.80. The van der Waals surface area contributed by atoms with Gasteiger partial charge in [0, 0.05) is 11.4 Å². The quantitative estimate of drug-likeness (QED) is 0.450. The summed E-state index contributed by atoms with van der Waals surface area (Å²) in [4.78, 5) is 0. The zero-order chi connectivity index (χ0) is 18.5. The molecule has 0 saturated carbocycles. The number of ether oxygens (including phenoxy) is 2. The SMILES string of the molecule is BCCl.CCOc1ccc(NC(=S)Nc2ccc(OCC)cc2)cc1. The van der Waals surface area contributed by atoms with Crippen molar-refractivity contribution in [3.05, 3.63) is 48.5 Å². The van der Waals surface area contributed by atoms with Gasteiger partial charge in [-0.2, -0.15) is 0 Å². The van der Waals surface area contributed by atoms with E-state index in [4.69, 9.17) is 33.3 Å². The average Bonchev–Trinajstić information content (AvgIpc) is 2.60. The zero-order valence-corrected chi connectivity index (χ0v) is 16.4. The maximum atomic E-state index is 5.40. The maximum Gasteiger partial charge on any atom is 0.175 e. The molecule has 2 N–H and O–H groups in total. The number of benzene rings is 2. The topological polar surface area (TPSA) is 42.5 Å². The third kappa shape index (κ3) is 8.65. The van der Waals surface area contributed by atoms with Crippen LogP contribution in [0.15, 0.2) is 48.5 Å². The fraction of sp³-hybridized carbons (Fsp3) is 0.278. The van der Waals surface area contributed by atoms with Gasteiger partial charge in [-0.3, -0.25) is 0 Å². The highest BCUT2D eigenvalue weighted by Crippen LogP contribution is 2.18. The Morgan fingerprint density at radius 3 is 1.48 bits per heavy atom. The van der Waals surface area contributed by atoms with E-state index in [1.54, 1.807) is 0 Å². The van der Waals surface area contributed by atoms with Crippen molar-refractivity contribution in [2.24, 2.45) is 0 Å². The molecular formula is C18H24BClN2O2S. The minimum Gasteiger partial charge on any atom is -0.494 e. The van der Waals surface area contributed by atoms with Crippen LogP contribution in [0.3, 0.4) is 0 Å². The zero-order valence-electron chi connectivity index (χ0n) is 14.8. The molecule has 134 valence electrons. The second-order valence-corrected chi connectivity index (χ2v) is 5.70. The molecule has 2 aromatic rings. The van der Waals surface area contributed by atoms with Crippen molar-refractivity contribution < 1.29 is 9.47 Å². The van der Waals surface area contributed by atoms with Crippen LogP contribution in [0.2, 0.25) is 0 Å². The van der Waals surface area contributed by atoms with Gasteiger partial charge in [0.15, 0.2) is 5.11 Å². The fourth-order valence-corrected chi connectivity index (χ4v) is 2.13. The standard InChI is InChI=1S/C17H20N2O2S.CH4BCl/c1-3-20-15-9-5-13(6-10-15)18-17(22)19-14-7-11-16(12-8-14)21-4-2;2-1-3/h5-12H,3-4H2,1-2H3,(H2,18,19,22);1-2H2. The van der Waals surface area contributed by atoms with Gasteiger partial charge in [-0.05, 0) is 80.4 Å². The largest absolute Gasteiger partial charge is 0.494 e. The first-order chi connectivity index (χ1) is 12.1. The molecule has 0 aliphatic heterocycles. The third-order valence-electron chi connectivity index (χ3n) is 2.85. The second kappa shape index (κ2) is 12.4. The molecule has 0 unspecified atom stereocenters. The highest BCUT2D eigenvalue weighted by atomic mass is 35.5. The monoisotopic (exact) mass is 378 g/mol. The molecule has 0 heterocycles. The van der Waals surface area contributed by atoms with Gasteiger partial charge in [-0.15, -0.1) is 11.6 Å². The van der Waals surface area contributed by atoms with Crippen LogP contribution in [0.5, 0.6) is 11.5 Å². The van der Waals surface area contributed by atoms with E-state index >= 15 is 0 Å². The lowest BCUT2D eigenvalue weighted by Crippen LogP contribution is -2.18. The first-order valence-electron chi connectivity index (χ1n) is 8.22. The summed E-state index contributed by atoms with van der Waals surface area (Å²) in [7, 11) is 1.89. The van der Waals surface area contributed by atoms with Crippen LogP contribution in [0.25, 0.3) is 0 Å². The van der Waals surface area contributed by atoms with E-state index in [2.05, 4.69) is 10.6 Å². The van der Waals surface area contributed by atoms with Gasteiger partial charge in [0.1, 0.15) is 19.3 Å². The molecule has 2 aromatic carbocycles. The predicted octanol–water partition coefficient (Wildman–Crippen LogP) is 4.11. The maximum absolute atomic E-state index is 5.40. The number of hydrogen-bond donors (Lipinski definition) is 2. The molecule has 0 fully saturated rings. The second-order valence-electron chi connectivity index (χ2n) is 4.76. The fourth-order valence-electron chi connectivity index (χ4n) is 1.90. The normalized spacial score (nSPS) is 9.40. The molecule has 4 nitrogen and oxygen atoms in total. The summed E-state index contributed by atoms with van der Waals surface area (Å²) in [5.74, 6) is 2.41. The number of rotatable bonds is 6. The smallest absolute Gasteiger partial charge is 0.175 e. The van der Waals surface area contributed by atoms with Gasteiger partial charge in [0.25, 0.3) is 0 Å². The van der Waals surface area contributed by atoms with E-state index in [0.29, 0.717) is 18.3 Å². The minimum atomic E-state index is 0.535. The molecule has 0 aromatic heterocycles. The van der Waals surface area contributed by atoms with Gasteiger partial charge >= 0.3 is 0 Å². The van der Waals surface area contributed by atoms with Crippen LogP contribution in [-0.4, -0.2) is 32.0 Å². The Kier molecular flexibility index (Phi) is 10.5. The summed E-state index contributed by atoms with van der Waals surface area (Å²) in [5.41, 5.74) is 1.82. The van der Waals surface area contributed by atoms with Crippen LogP contribution in [0.1, 0.15) is 13.8 Å². The van der Waals surface area contributed by atoms with Crippen molar-refractivity contribution in [2.75, 3.05) is 29.6 Å². The van der Waals surface area contributed by atoms with Crippen LogP contribution >= 0.6 is 23.8 Å². The van der Waals surface area contributed by atoms with Crippen LogP contribution < -0.4 is 20.1 Å². The number of thiocarbonyl (C=S) groups is 1. The van der Waals surface area contributed by atoms with E-state index in [0.717, 1.165) is 28.7 Å². The summed E-state index contributed by atoms with van der Waals surface area (Å²) in [6.45, 7) is 5.24. The Morgan fingerprint density at radius 2 is 1.20 bits per heavy atom. The summed E-state index contributed by atoms with van der Waals surface area (Å²) in [6, 6.07) is 15.3. The number of hydrogen-bond acceptors (Lipinski definition) is 3. The lowest BCUT2D eigenvalue weighted by atomic mass is 10.2. The third-order valence-corrected chi connectivity index (χ3v) is 3.05. The number of alkyl halides is 1. The molecule has 0 spiro atoms. The first kappa shape index (κ1) is 21.1. The molecule has 0 aliphatic carbocycles. The molecule has 0 bridgehead atoms. The van der Waals surface area contributed by atoms with E-state index < -0.39 is 0 Å². The number of halogens is 1. The Balaban J connectivity index is 0.000000970.